The van der Waals surface area contributed by atoms with Crippen molar-refractivity contribution in [1.82, 2.24) is 0 Å². The Balaban J connectivity index is 1.65. The third-order valence-corrected chi connectivity index (χ3v) is 8.61. The molecule has 1 saturated carbocycles. The Morgan fingerprint density at radius 2 is 1.90 bits per heavy atom. The van der Waals surface area contributed by atoms with Gasteiger partial charge in [0.25, 0.3) is 0 Å². The smallest absolute Gasteiger partial charge is 0.311 e. The lowest BCUT2D eigenvalue weighted by molar-refractivity contribution is -0.411. The van der Waals surface area contributed by atoms with Crippen LogP contribution in [0.15, 0.2) is 11.1 Å². The van der Waals surface area contributed by atoms with Crippen molar-refractivity contribution < 1.29 is 19.3 Å². The molecule has 0 N–H and O–H groups in total. The average Bonchev–Trinajstić information content (AvgIpc) is 2.66. The lowest BCUT2D eigenvalue weighted by atomic mass is 9.50. The Bertz CT molecular complexity index is 641. The summed E-state index contributed by atoms with van der Waals surface area (Å²) in [6.45, 7) is 13.9. The van der Waals surface area contributed by atoms with Crippen LogP contribution in [0.25, 0.3) is 0 Å². The van der Waals surface area contributed by atoms with Gasteiger partial charge >= 0.3 is 5.97 Å². The SMILES string of the molecule is COC(=O)[C@@H](C)[C@H]1CC[C@](C)(CCC2=C(C)CC[C@@H]3C(C)(C)CCC[C@@]23C)OO1. The zero-order valence-corrected chi connectivity index (χ0v) is 19.7. The first kappa shape index (κ1) is 22.8. The second-order valence-electron chi connectivity index (χ2n) is 11.1. The van der Waals surface area contributed by atoms with Crippen LogP contribution in [0.3, 0.4) is 0 Å². The standard InChI is InChI=1S/C25H42O4/c1-17-9-10-21-23(3,4)13-8-14-25(21,6)19(17)11-15-24(5)16-12-20(28-29-24)18(2)22(26)27-7/h18,20-21H,8-16H2,1-7H3/t18-,20+,21+,24-,25-/m0/s1. The van der Waals surface area contributed by atoms with E-state index in [1.807, 2.05) is 6.92 Å². The molecule has 3 rings (SSSR count). The quantitative estimate of drug-likeness (QED) is 0.301. The van der Waals surface area contributed by atoms with E-state index >= 15 is 0 Å². The number of fused-ring (bicyclic) bond motifs is 1. The van der Waals surface area contributed by atoms with Crippen molar-refractivity contribution >= 4 is 5.97 Å². The number of carbonyl (C=O) groups excluding carboxylic acids is 1. The molecule has 1 heterocycles. The van der Waals surface area contributed by atoms with Crippen LogP contribution in [0.4, 0.5) is 0 Å². The highest BCUT2D eigenvalue weighted by atomic mass is 17.2. The fourth-order valence-corrected chi connectivity index (χ4v) is 6.63. The molecule has 0 radical (unpaired) electrons. The van der Waals surface area contributed by atoms with Crippen LogP contribution < -0.4 is 0 Å². The van der Waals surface area contributed by atoms with E-state index in [2.05, 4.69) is 34.6 Å². The molecule has 0 aromatic heterocycles. The minimum atomic E-state index is -0.294. The van der Waals surface area contributed by atoms with Gasteiger partial charge in [-0.3, -0.25) is 4.79 Å². The monoisotopic (exact) mass is 406 g/mol. The molecule has 2 fully saturated rings. The molecule has 29 heavy (non-hydrogen) atoms. The third kappa shape index (κ3) is 4.44. The maximum atomic E-state index is 11.8. The third-order valence-electron chi connectivity index (χ3n) is 8.61. The molecule has 4 nitrogen and oxygen atoms in total. The van der Waals surface area contributed by atoms with Gasteiger partial charge in [0.1, 0.15) is 11.7 Å². The van der Waals surface area contributed by atoms with E-state index in [4.69, 9.17) is 14.5 Å². The molecule has 3 aliphatic rings. The highest BCUT2D eigenvalue weighted by Crippen LogP contribution is 2.60. The highest BCUT2D eigenvalue weighted by molar-refractivity contribution is 5.72. The zero-order valence-electron chi connectivity index (χ0n) is 19.7. The number of ether oxygens (including phenoxy) is 1. The number of methoxy groups -OCH3 is 1. The van der Waals surface area contributed by atoms with Crippen molar-refractivity contribution in [2.45, 2.75) is 111 Å². The van der Waals surface area contributed by atoms with E-state index in [1.54, 1.807) is 11.1 Å². The molecule has 0 bridgehead atoms. The number of esters is 1. The summed E-state index contributed by atoms with van der Waals surface area (Å²) >= 11 is 0. The summed E-state index contributed by atoms with van der Waals surface area (Å²) in [4.78, 5) is 23.4. The molecule has 0 unspecified atom stereocenters. The van der Waals surface area contributed by atoms with Gasteiger partial charge in [-0.25, -0.2) is 9.78 Å². The van der Waals surface area contributed by atoms with Crippen molar-refractivity contribution in [3.8, 4) is 0 Å². The van der Waals surface area contributed by atoms with Crippen LogP contribution >= 0.6 is 0 Å². The van der Waals surface area contributed by atoms with Gasteiger partial charge in [0.05, 0.1) is 13.0 Å². The summed E-state index contributed by atoms with van der Waals surface area (Å²) in [6.07, 6.45) is 10.2. The van der Waals surface area contributed by atoms with Gasteiger partial charge in [-0.15, -0.1) is 0 Å². The molecular weight excluding hydrogens is 364 g/mol. The predicted molar refractivity (Wildman–Crippen MR) is 115 cm³/mol. The average molecular weight is 407 g/mol. The number of rotatable bonds is 5. The maximum Gasteiger partial charge on any atom is 0.311 e. The Morgan fingerprint density at radius 3 is 2.52 bits per heavy atom. The Hall–Kier alpha value is -0.870. The van der Waals surface area contributed by atoms with Gasteiger partial charge in [-0.2, -0.15) is 0 Å². The minimum absolute atomic E-state index is 0.216. The molecule has 0 aromatic carbocycles. The summed E-state index contributed by atoms with van der Waals surface area (Å²) < 4.78 is 4.85. The van der Waals surface area contributed by atoms with E-state index in [0.29, 0.717) is 10.8 Å². The van der Waals surface area contributed by atoms with Crippen molar-refractivity contribution in [2.24, 2.45) is 22.7 Å². The van der Waals surface area contributed by atoms with Crippen LogP contribution in [0, 0.1) is 22.7 Å². The van der Waals surface area contributed by atoms with Gasteiger partial charge in [0.2, 0.25) is 0 Å². The van der Waals surface area contributed by atoms with Crippen molar-refractivity contribution in [3.63, 3.8) is 0 Å². The number of hydrogen-bond donors (Lipinski definition) is 0. The van der Waals surface area contributed by atoms with E-state index in [-0.39, 0.29) is 23.6 Å². The zero-order chi connectivity index (χ0) is 21.4. The molecule has 0 spiro atoms. The summed E-state index contributed by atoms with van der Waals surface area (Å²) in [6, 6.07) is 0. The van der Waals surface area contributed by atoms with Crippen LogP contribution in [0.1, 0.15) is 99.3 Å². The van der Waals surface area contributed by atoms with Gasteiger partial charge < -0.3 is 4.74 Å². The fraction of sp³-hybridized carbons (Fsp3) is 0.880. The number of carbonyl (C=O) groups is 1. The summed E-state index contributed by atoms with van der Waals surface area (Å²) in [7, 11) is 1.42. The Labute approximate surface area is 177 Å². The normalized spacial score (nSPS) is 38.3. The molecule has 166 valence electrons. The molecule has 5 atom stereocenters. The predicted octanol–water partition coefficient (Wildman–Crippen LogP) is 6.39. The van der Waals surface area contributed by atoms with Crippen molar-refractivity contribution in [3.05, 3.63) is 11.1 Å². The van der Waals surface area contributed by atoms with Gasteiger partial charge in [0, 0.05) is 0 Å². The van der Waals surface area contributed by atoms with Gasteiger partial charge in [-0.1, -0.05) is 38.3 Å². The maximum absolute atomic E-state index is 11.8. The van der Waals surface area contributed by atoms with Crippen LogP contribution in [-0.2, 0) is 19.3 Å². The van der Waals surface area contributed by atoms with Crippen LogP contribution in [0.5, 0.6) is 0 Å². The van der Waals surface area contributed by atoms with Crippen molar-refractivity contribution in [1.29, 1.82) is 0 Å². The first-order valence-corrected chi connectivity index (χ1v) is 11.6. The largest absolute Gasteiger partial charge is 0.469 e. The molecule has 2 aliphatic carbocycles. The fourth-order valence-electron chi connectivity index (χ4n) is 6.63. The summed E-state index contributed by atoms with van der Waals surface area (Å²) in [5.41, 5.74) is 3.78. The van der Waals surface area contributed by atoms with Crippen LogP contribution in [-0.4, -0.2) is 24.8 Å². The van der Waals surface area contributed by atoms with E-state index in [1.165, 1.54) is 39.2 Å². The summed E-state index contributed by atoms with van der Waals surface area (Å²) in [5.74, 6) is 0.255. The second-order valence-corrected chi connectivity index (χ2v) is 11.1. The molecule has 4 heteroatoms. The first-order valence-electron chi connectivity index (χ1n) is 11.6. The lowest BCUT2D eigenvalue weighted by Crippen LogP contribution is -2.46. The highest BCUT2D eigenvalue weighted by Gasteiger charge is 2.50. The summed E-state index contributed by atoms with van der Waals surface area (Å²) in [5, 5.41) is 0. The van der Waals surface area contributed by atoms with Crippen molar-refractivity contribution in [2.75, 3.05) is 7.11 Å². The second kappa shape index (κ2) is 8.34. The lowest BCUT2D eigenvalue weighted by Gasteiger charge is -2.55. The van der Waals surface area contributed by atoms with Gasteiger partial charge in [0.15, 0.2) is 0 Å². The molecule has 0 amide bonds. The molecule has 1 aliphatic heterocycles. The molecule has 1 saturated heterocycles. The number of hydrogen-bond acceptors (Lipinski definition) is 4. The molecule has 0 aromatic rings. The van der Waals surface area contributed by atoms with Crippen LogP contribution in [0.2, 0.25) is 0 Å². The topological polar surface area (TPSA) is 44.8 Å². The van der Waals surface area contributed by atoms with E-state index < -0.39 is 0 Å². The molecular formula is C25H42O4. The Morgan fingerprint density at radius 1 is 1.17 bits per heavy atom. The van der Waals surface area contributed by atoms with Gasteiger partial charge in [-0.05, 0) is 88.9 Å². The minimum Gasteiger partial charge on any atom is -0.469 e. The number of allylic oxidation sites excluding steroid dienone is 2. The van der Waals surface area contributed by atoms with E-state index in [0.717, 1.165) is 31.6 Å². The Kier molecular flexibility index (Phi) is 6.56. The van der Waals surface area contributed by atoms with E-state index in [9.17, 15) is 4.79 Å². The first-order chi connectivity index (χ1) is 13.5.